The standard InChI is InChI=1S/C56H33N7.Pt/c1-3-14-36(15-4-1)38-26-30-50-53(32-38)60(55-57-45-21-8-11-24-48(45)62(50)55)41-19-13-18-40(34-41)59-47-23-10-7-20-43(47)44-29-28-42(35-52(44)59)61-54-33-39(37-16-5-2-6-17-37)27-31-51(54)63-49-25-12-9-22-46(49)58-56(61)63;/h1-33H;/q-2;+2. The van der Waals surface area contributed by atoms with Crippen molar-refractivity contribution in [3.8, 4) is 39.3 Å². The first-order valence-corrected chi connectivity index (χ1v) is 21.2. The molecule has 0 atom stereocenters. The Bertz CT molecular complexity index is 4150. The van der Waals surface area contributed by atoms with E-state index in [1.807, 2.05) is 6.07 Å². The second-order valence-electron chi connectivity index (χ2n) is 16.2. The molecule has 7 nitrogen and oxygen atoms in total. The fourth-order valence-corrected chi connectivity index (χ4v) is 9.86. The third-order valence-corrected chi connectivity index (χ3v) is 12.7. The molecule has 0 spiro atoms. The van der Waals surface area contributed by atoms with E-state index < -0.39 is 0 Å². The molecular formula is C56H33N7Pt. The molecular weight excluding hydrogens is 966 g/mol. The van der Waals surface area contributed by atoms with Gasteiger partial charge in [0.1, 0.15) is 0 Å². The molecule has 0 unspecified atom stereocenters. The minimum atomic E-state index is 0. The van der Waals surface area contributed by atoms with Crippen LogP contribution in [0.25, 0.3) is 117 Å². The fourth-order valence-electron chi connectivity index (χ4n) is 9.86. The largest absolute Gasteiger partial charge is 2.00 e. The SMILES string of the molecule is [Pt+2].[c-]1c(-n2c3[c-]c(-n4c5cc(-c6ccccc6)ccc5n5c6ccccc6nc45)ccc3c3ccccc32)cccc1-n1c2cc(-c3ccccc3)ccc2n2c3ccccc3nc12. The summed E-state index contributed by atoms with van der Waals surface area (Å²) in [5.74, 6) is 1.68. The molecule has 0 aliphatic carbocycles. The molecule has 0 radical (unpaired) electrons. The quantitative estimate of drug-likeness (QED) is 0.161. The Morgan fingerprint density at radius 2 is 0.797 bits per heavy atom. The fraction of sp³-hybridized carbons (Fsp3) is 0. The Balaban J connectivity index is 0.00000413. The summed E-state index contributed by atoms with van der Waals surface area (Å²) in [6.45, 7) is 0. The van der Waals surface area contributed by atoms with Gasteiger partial charge in [0.05, 0.1) is 44.1 Å². The zero-order valence-corrected chi connectivity index (χ0v) is 36.3. The zero-order valence-electron chi connectivity index (χ0n) is 34.0. The van der Waals surface area contributed by atoms with Crippen molar-refractivity contribution < 1.29 is 21.1 Å². The maximum absolute atomic E-state index is 5.25. The van der Waals surface area contributed by atoms with Gasteiger partial charge in [-0.3, -0.25) is 8.80 Å². The van der Waals surface area contributed by atoms with Crippen LogP contribution in [0.5, 0.6) is 0 Å². The van der Waals surface area contributed by atoms with Crippen LogP contribution in [0.2, 0.25) is 0 Å². The zero-order chi connectivity index (χ0) is 41.2. The van der Waals surface area contributed by atoms with Gasteiger partial charge in [-0.1, -0.05) is 138 Å². The molecule has 0 saturated heterocycles. The summed E-state index contributed by atoms with van der Waals surface area (Å²) in [5, 5.41) is 2.26. The van der Waals surface area contributed by atoms with Gasteiger partial charge >= 0.3 is 21.1 Å². The molecule has 5 heterocycles. The minimum Gasteiger partial charge on any atom is -0.358 e. The maximum atomic E-state index is 5.25. The van der Waals surface area contributed by atoms with Gasteiger partial charge in [-0.05, 0) is 82.2 Å². The van der Waals surface area contributed by atoms with Gasteiger partial charge in [-0.15, -0.1) is 35.7 Å². The van der Waals surface area contributed by atoms with Crippen molar-refractivity contribution >= 4 is 77.5 Å². The van der Waals surface area contributed by atoms with Gasteiger partial charge in [-0.2, -0.15) is 12.1 Å². The molecule has 0 N–H and O–H groups in total. The van der Waals surface area contributed by atoms with Crippen molar-refractivity contribution in [3.05, 3.63) is 212 Å². The Labute approximate surface area is 380 Å². The summed E-state index contributed by atoms with van der Waals surface area (Å²) in [7, 11) is 0. The Morgan fingerprint density at radius 1 is 0.312 bits per heavy atom. The van der Waals surface area contributed by atoms with E-state index in [-0.39, 0.29) is 21.1 Å². The number of benzene rings is 9. The van der Waals surface area contributed by atoms with Crippen LogP contribution in [-0.4, -0.2) is 32.5 Å². The normalized spacial score (nSPS) is 11.9. The molecule has 9 aromatic carbocycles. The summed E-state index contributed by atoms with van der Waals surface area (Å²) in [4.78, 5) is 10.5. The van der Waals surface area contributed by atoms with Crippen molar-refractivity contribution in [2.45, 2.75) is 0 Å². The molecule has 0 bridgehead atoms. The number of fused-ring (bicyclic) bond motifs is 13. The van der Waals surface area contributed by atoms with Crippen LogP contribution in [0.15, 0.2) is 200 Å². The molecule has 0 amide bonds. The van der Waals surface area contributed by atoms with Gasteiger partial charge in [0.25, 0.3) is 0 Å². The summed E-state index contributed by atoms with van der Waals surface area (Å²) in [6, 6.07) is 78.6. The molecule has 0 saturated carbocycles. The van der Waals surface area contributed by atoms with Crippen LogP contribution >= 0.6 is 0 Å². The van der Waals surface area contributed by atoms with E-state index in [2.05, 4.69) is 229 Å². The monoisotopic (exact) mass is 998 g/mol. The molecule has 8 heteroatoms. The van der Waals surface area contributed by atoms with Crippen LogP contribution in [0.3, 0.4) is 0 Å². The summed E-state index contributed by atoms with van der Waals surface area (Å²) < 4.78 is 11.4. The minimum absolute atomic E-state index is 0. The first-order valence-electron chi connectivity index (χ1n) is 21.2. The number of nitrogens with zero attached hydrogens (tertiary/aromatic N) is 7. The first-order chi connectivity index (χ1) is 31.2. The van der Waals surface area contributed by atoms with E-state index in [1.54, 1.807) is 0 Å². The average Bonchev–Trinajstić information content (AvgIpc) is 4.14. The first kappa shape index (κ1) is 36.6. The third kappa shape index (κ3) is 5.25. The molecule has 14 aromatic rings. The van der Waals surface area contributed by atoms with E-state index in [0.717, 1.165) is 117 Å². The van der Waals surface area contributed by atoms with E-state index >= 15 is 0 Å². The number of rotatable bonds is 5. The van der Waals surface area contributed by atoms with Crippen LogP contribution in [0, 0.1) is 12.1 Å². The molecule has 0 fully saturated rings. The topological polar surface area (TPSA) is 49.4 Å². The van der Waals surface area contributed by atoms with Gasteiger partial charge in [0.15, 0.2) is 0 Å². The average molecular weight is 999 g/mol. The van der Waals surface area contributed by atoms with Gasteiger partial charge in [0.2, 0.25) is 11.6 Å². The van der Waals surface area contributed by atoms with Crippen LogP contribution in [0.4, 0.5) is 0 Å². The smallest absolute Gasteiger partial charge is 0.358 e. The Hall–Kier alpha value is -7.99. The van der Waals surface area contributed by atoms with Crippen molar-refractivity contribution in [1.82, 2.24) is 32.5 Å². The predicted molar refractivity (Wildman–Crippen MR) is 256 cm³/mol. The number of hydrogen-bond acceptors (Lipinski definition) is 2. The van der Waals surface area contributed by atoms with E-state index in [1.165, 1.54) is 0 Å². The predicted octanol–water partition coefficient (Wildman–Crippen LogP) is 13.2. The van der Waals surface area contributed by atoms with Crippen molar-refractivity contribution in [2.24, 2.45) is 0 Å². The van der Waals surface area contributed by atoms with Crippen LogP contribution in [-0.2, 0) is 21.1 Å². The number of para-hydroxylation sites is 5. The molecule has 64 heavy (non-hydrogen) atoms. The summed E-state index contributed by atoms with van der Waals surface area (Å²) >= 11 is 0. The third-order valence-electron chi connectivity index (χ3n) is 12.7. The Morgan fingerprint density at radius 3 is 1.38 bits per heavy atom. The number of aromatic nitrogens is 7. The van der Waals surface area contributed by atoms with Crippen LogP contribution < -0.4 is 0 Å². The second-order valence-corrected chi connectivity index (χ2v) is 16.2. The van der Waals surface area contributed by atoms with Gasteiger partial charge < -0.3 is 13.7 Å². The van der Waals surface area contributed by atoms with Gasteiger partial charge in [-0.25, -0.2) is 9.97 Å². The molecule has 14 rings (SSSR count). The van der Waals surface area contributed by atoms with Crippen molar-refractivity contribution in [1.29, 1.82) is 0 Å². The number of imidazole rings is 4. The number of hydrogen-bond donors (Lipinski definition) is 0. The molecule has 5 aromatic heterocycles. The van der Waals surface area contributed by atoms with E-state index in [4.69, 9.17) is 9.97 Å². The van der Waals surface area contributed by atoms with Crippen molar-refractivity contribution in [2.75, 3.05) is 0 Å². The van der Waals surface area contributed by atoms with Crippen LogP contribution in [0.1, 0.15) is 0 Å². The molecule has 0 aliphatic rings. The van der Waals surface area contributed by atoms with Crippen molar-refractivity contribution in [3.63, 3.8) is 0 Å². The maximum Gasteiger partial charge on any atom is 2.00 e. The second kappa shape index (κ2) is 14.0. The summed E-state index contributed by atoms with van der Waals surface area (Å²) in [6.07, 6.45) is 0. The van der Waals surface area contributed by atoms with E-state index in [0.29, 0.717) is 0 Å². The Kier molecular flexibility index (Phi) is 8.02. The molecule has 0 aliphatic heterocycles. The summed E-state index contributed by atoms with van der Waals surface area (Å²) in [5.41, 5.74) is 17.7. The van der Waals surface area contributed by atoms with Gasteiger partial charge in [0, 0.05) is 5.52 Å². The van der Waals surface area contributed by atoms with E-state index in [9.17, 15) is 0 Å². The molecule has 302 valence electrons.